The van der Waals surface area contributed by atoms with Crippen LogP contribution < -0.4 is 10.1 Å². The van der Waals surface area contributed by atoms with Crippen molar-refractivity contribution in [2.75, 3.05) is 11.9 Å². The summed E-state index contributed by atoms with van der Waals surface area (Å²) in [5.41, 5.74) is 0. The van der Waals surface area contributed by atoms with Crippen molar-refractivity contribution in [1.29, 1.82) is 0 Å². The number of nitrogens with one attached hydrogen (secondary N) is 2. The Bertz CT molecular complexity index is 516. The predicted octanol–water partition coefficient (Wildman–Crippen LogP) is 1.97. The lowest BCUT2D eigenvalue weighted by Crippen LogP contribution is -2.16. The van der Waals surface area contributed by atoms with E-state index < -0.39 is 0 Å². The quantitative estimate of drug-likeness (QED) is 0.885. The molecule has 0 atom stereocenters. The number of anilines is 1. The minimum absolute atomic E-state index is 0.179. The van der Waals surface area contributed by atoms with Crippen LogP contribution in [0, 0.1) is 0 Å². The molecule has 7 heteroatoms. The van der Waals surface area contributed by atoms with Gasteiger partial charge in [-0.1, -0.05) is 22.0 Å². The first-order chi connectivity index (χ1) is 8.74. The summed E-state index contributed by atoms with van der Waals surface area (Å²) in [4.78, 5) is 15.3. The van der Waals surface area contributed by atoms with Crippen LogP contribution in [0.5, 0.6) is 5.75 Å². The Morgan fingerprint density at radius 3 is 3.11 bits per heavy atom. The molecule has 0 aliphatic carbocycles. The van der Waals surface area contributed by atoms with Crippen LogP contribution in [0.3, 0.4) is 0 Å². The van der Waals surface area contributed by atoms with Crippen molar-refractivity contribution in [3.05, 3.63) is 35.1 Å². The van der Waals surface area contributed by atoms with Crippen molar-refractivity contribution in [3.8, 4) is 5.75 Å². The predicted molar refractivity (Wildman–Crippen MR) is 69.3 cm³/mol. The summed E-state index contributed by atoms with van der Waals surface area (Å²) < 4.78 is 6.38. The average Bonchev–Trinajstić information content (AvgIpc) is 2.82. The number of carbonyl (C=O) groups excluding carboxylic acids is 1. The average molecular weight is 311 g/mol. The van der Waals surface area contributed by atoms with Gasteiger partial charge in [0.2, 0.25) is 11.9 Å². The zero-order valence-electron chi connectivity index (χ0n) is 9.39. The normalized spacial score (nSPS) is 10.1. The van der Waals surface area contributed by atoms with Crippen molar-refractivity contribution in [2.45, 2.75) is 6.42 Å². The summed E-state index contributed by atoms with van der Waals surface area (Å²) in [5.74, 6) is 0.876. The van der Waals surface area contributed by atoms with Gasteiger partial charge in [-0.2, -0.15) is 10.1 Å². The summed E-state index contributed by atoms with van der Waals surface area (Å²) in [7, 11) is 0. The number of hydrogen-bond donors (Lipinski definition) is 2. The van der Waals surface area contributed by atoms with Crippen molar-refractivity contribution >= 4 is 27.8 Å². The highest BCUT2D eigenvalue weighted by Gasteiger charge is 2.04. The fourth-order valence-corrected chi connectivity index (χ4v) is 1.66. The first-order valence-corrected chi connectivity index (χ1v) is 6.07. The third-order valence-electron chi connectivity index (χ3n) is 2.07. The molecule has 1 aromatic heterocycles. The third-order valence-corrected chi connectivity index (χ3v) is 2.56. The SMILES string of the molecule is O=C(CCOc1cccc(Br)c1)Nc1ncn[nH]1. The lowest BCUT2D eigenvalue weighted by molar-refractivity contribution is -0.116. The van der Waals surface area contributed by atoms with Gasteiger partial charge in [0.1, 0.15) is 12.1 Å². The van der Waals surface area contributed by atoms with E-state index in [9.17, 15) is 4.79 Å². The Kier molecular flexibility index (Phi) is 4.30. The second-order valence-electron chi connectivity index (χ2n) is 3.44. The van der Waals surface area contributed by atoms with Gasteiger partial charge in [0.25, 0.3) is 0 Å². The molecule has 0 aliphatic rings. The summed E-state index contributed by atoms with van der Waals surface area (Å²) >= 11 is 3.34. The van der Waals surface area contributed by atoms with E-state index in [-0.39, 0.29) is 12.3 Å². The van der Waals surface area contributed by atoms with Crippen LogP contribution in [0.2, 0.25) is 0 Å². The zero-order valence-corrected chi connectivity index (χ0v) is 11.0. The van der Waals surface area contributed by atoms with Crippen LogP contribution in [0.1, 0.15) is 6.42 Å². The number of amides is 1. The van der Waals surface area contributed by atoms with E-state index >= 15 is 0 Å². The molecule has 94 valence electrons. The number of benzene rings is 1. The molecule has 0 unspecified atom stereocenters. The van der Waals surface area contributed by atoms with E-state index in [0.29, 0.717) is 12.6 Å². The topological polar surface area (TPSA) is 79.9 Å². The van der Waals surface area contributed by atoms with Crippen molar-refractivity contribution in [2.24, 2.45) is 0 Å². The molecule has 0 radical (unpaired) electrons. The summed E-state index contributed by atoms with van der Waals surface area (Å²) in [6.07, 6.45) is 1.57. The number of H-pyrrole nitrogens is 1. The number of aromatic nitrogens is 3. The Hall–Kier alpha value is -1.89. The molecule has 2 N–H and O–H groups in total. The van der Waals surface area contributed by atoms with Gasteiger partial charge in [0.15, 0.2) is 0 Å². The van der Waals surface area contributed by atoms with Gasteiger partial charge < -0.3 is 4.74 Å². The second kappa shape index (κ2) is 6.15. The van der Waals surface area contributed by atoms with Gasteiger partial charge in [-0.25, -0.2) is 5.10 Å². The van der Waals surface area contributed by atoms with Gasteiger partial charge >= 0.3 is 0 Å². The lowest BCUT2D eigenvalue weighted by atomic mass is 10.3. The zero-order chi connectivity index (χ0) is 12.8. The second-order valence-corrected chi connectivity index (χ2v) is 4.35. The Labute approximate surface area is 112 Å². The highest BCUT2D eigenvalue weighted by atomic mass is 79.9. The van der Waals surface area contributed by atoms with Crippen LogP contribution in [0.25, 0.3) is 0 Å². The number of nitrogens with zero attached hydrogens (tertiary/aromatic N) is 2. The Morgan fingerprint density at radius 2 is 2.39 bits per heavy atom. The number of halogens is 1. The number of ether oxygens (including phenoxy) is 1. The molecule has 0 saturated heterocycles. The lowest BCUT2D eigenvalue weighted by Gasteiger charge is -2.06. The molecule has 6 nitrogen and oxygen atoms in total. The minimum Gasteiger partial charge on any atom is -0.493 e. The first-order valence-electron chi connectivity index (χ1n) is 5.27. The fourth-order valence-electron chi connectivity index (χ4n) is 1.28. The highest BCUT2D eigenvalue weighted by Crippen LogP contribution is 2.17. The molecule has 1 heterocycles. The molecule has 1 amide bonds. The smallest absolute Gasteiger partial charge is 0.230 e. The van der Waals surface area contributed by atoms with Gasteiger partial charge in [-0.05, 0) is 18.2 Å². The number of hydrogen-bond acceptors (Lipinski definition) is 4. The summed E-state index contributed by atoms with van der Waals surface area (Å²) in [6.45, 7) is 0.302. The van der Waals surface area contributed by atoms with Gasteiger partial charge in [0.05, 0.1) is 13.0 Å². The monoisotopic (exact) mass is 310 g/mol. The van der Waals surface area contributed by atoms with E-state index in [0.717, 1.165) is 10.2 Å². The Balaban J connectivity index is 1.73. The van der Waals surface area contributed by atoms with E-state index in [4.69, 9.17) is 4.74 Å². The van der Waals surface area contributed by atoms with Gasteiger partial charge in [0, 0.05) is 4.47 Å². The summed E-state index contributed by atoms with van der Waals surface area (Å²) in [6, 6.07) is 7.45. The van der Waals surface area contributed by atoms with E-state index in [1.165, 1.54) is 6.33 Å². The van der Waals surface area contributed by atoms with E-state index in [1.807, 2.05) is 24.3 Å². The molecule has 0 saturated carbocycles. The van der Waals surface area contributed by atoms with Crippen molar-refractivity contribution < 1.29 is 9.53 Å². The standard InChI is InChI=1S/C11H11BrN4O2/c12-8-2-1-3-9(6-8)18-5-4-10(17)15-11-13-7-14-16-11/h1-3,6-7H,4-5H2,(H2,13,14,15,16,17). The summed E-state index contributed by atoms with van der Waals surface area (Å²) in [5, 5.41) is 8.73. The first kappa shape index (κ1) is 12.6. The number of aromatic amines is 1. The van der Waals surface area contributed by atoms with E-state index in [1.54, 1.807) is 0 Å². The van der Waals surface area contributed by atoms with Crippen LogP contribution in [0.15, 0.2) is 35.1 Å². The molecule has 0 spiro atoms. The van der Waals surface area contributed by atoms with Gasteiger partial charge in [-0.15, -0.1) is 0 Å². The molecule has 0 fully saturated rings. The molecule has 1 aromatic carbocycles. The van der Waals surface area contributed by atoms with Crippen LogP contribution in [-0.2, 0) is 4.79 Å². The molecular weight excluding hydrogens is 300 g/mol. The number of rotatable bonds is 5. The Morgan fingerprint density at radius 1 is 1.50 bits per heavy atom. The molecular formula is C11H11BrN4O2. The molecule has 2 aromatic rings. The van der Waals surface area contributed by atoms with Crippen LogP contribution in [-0.4, -0.2) is 27.7 Å². The molecule has 0 aliphatic heterocycles. The van der Waals surface area contributed by atoms with E-state index in [2.05, 4.69) is 36.4 Å². The maximum absolute atomic E-state index is 11.5. The minimum atomic E-state index is -0.179. The molecule has 2 rings (SSSR count). The largest absolute Gasteiger partial charge is 0.493 e. The number of carbonyl (C=O) groups is 1. The van der Waals surface area contributed by atoms with Crippen molar-refractivity contribution in [3.63, 3.8) is 0 Å². The highest BCUT2D eigenvalue weighted by molar-refractivity contribution is 9.10. The molecule has 0 bridgehead atoms. The maximum Gasteiger partial charge on any atom is 0.230 e. The molecule has 18 heavy (non-hydrogen) atoms. The van der Waals surface area contributed by atoms with Crippen molar-refractivity contribution in [1.82, 2.24) is 15.2 Å². The van der Waals surface area contributed by atoms with Crippen LogP contribution >= 0.6 is 15.9 Å². The maximum atomic E-state index is 11.5. The third kappa shape index (κ3) is 3.85. The fraction of sp³-hybridized carbons (Fsp3) is 0.182. The van der Waals surface area contributed by atoms with Gasteiger partial charge in [-0.3, -0.25) is 10.1 Å². The van der Waals surface area contributed by atoms with Crippen LogP contribution in [0.4, 0.5) is 5.95 Å².